The number of alkyl halides is 1. The second-order valence-corrected chi connectivity index (χ2v) is 18.2. The van der Waals surface area contributed by atoms with Crippen LogP contribution in [-0.2, 0) is 39.8 Å². The molecule has 0 saturated carbocycles. The van der Waals surface area contributed by atoms with Crippen molar-refractivity contribution in [2.75, 3.05) is 40.0 Å². The van der Waals surface area contributed by atoms with E-state index < -0.39 is 77.3 Å². The van der Waals surface area contributed by atoms with E-state index in [2.05, 4.69) is 15.6 Å². The fourth-order valence-electron chi connectivity index (χ4n) is 9.61. The van der Waals surface area contributed by atoms with Gasteiger partial charge in [0.15, 0.2) is 17.7 Å². The van der Waals surface area contributed by atoms with E-state index in [9.17, 15) is 19.5 Å². The molecular weight excluding hydrogens is 790 g/mol. The third-order valence-corrected chi connectivity index (χ3v) is 13.2. The third-order valence-electron chi connectivity index (χ3n) is 13.2. The predicted molar refractivity (Wildman–Crippen MR) is 227 cm³/mol. The molecule has 5 rings (SSSR count). The minimum absolute atomic E-state index is 0.115. The Hall–Kier alpha value is -3.74. The quantitative estimate of drug-likeness (QED) is 0.114. The van der Waals surface area contributed by atoms with Crippen LogP contribution in [0.15, 0.2) is 30.5 Å². The highest BCUT2D eigenvalue weighted by molar-refractivity contribution is 6.07. The molecule has 0 aliphatic carbocycles. The summed E-state index contributed by atoms with van der Waals surface area (Å²) >= 11 is 0. The molecule has 16 nitrogen and oxygen atoms in total. The number of Topliss-reactive ketones (excluding diaryl/α,β-unsaturated/α-hetero) is 1. The molecule has 3 aliphatic rings. The Morgan fingerprint density at radius 3 is 2.43 bits per heavy atom. The Labute approximate surface area is 360 Å². The molecule has 1 amide bonds. The zero-order valence-electron chi connectivity index (χ0n) is 37.9. The molecule has 17 heteroatoms. The second-order valence-electron chi connectivity index (χ2n) is 18.2. The lowest BCUT2D eigenvalue weighted by molar-refractivity contribution is -0.298. The summed E-state index contributed by atoms with van der Waals surface area (Å²) in [4.78, 5) is 45.8. The lowest BCUT2D eigenvalue weighted by Gasteiger charge is -2.47. The van der Waals surface area contributed by atoms with Crippen LogP contribution in [0.25, 0.3) is 11.3 Å². The van der Waals surface area contributed by atoms with E-state index in [-0.39, 0.29) is 24.5 Å². The Bertz CT molecular complexity index is 1820. The Morgan fingerprint density at radius 2 is 1.79 bits per heavy atom. The van der Waals surface area contributed by atoms with Gasteiger partial charge in [-0.25, -0.2) is 14.0 Å². The number of aliphatic hydroxyl groups excluding tert-OH is 1. The summed E-state index contributed by atoms with van der Waals surface area (Å²) in [6.07, 6.45) is -0.516. The molecule has 2 aromatic rings. The monoisotopic (exact) mass is 860 g/mol. The van der Waals surface area contributed by atoms with Gasteiger partial charge in [-0.2, -0.15) is 0 Å². The molecule has 3 unspecified atom stereocenters. The van der Waals surface area contributed by atoms with Gasteiger partial charge in [0.05, 0.1) is 30.0 Å². The average Bonchev–Trinajstić information content (AvgIpc) is 3.80. The molecule has 0 spiro atoms. The van der Waals surface area contributed by atoms with Crippen molar-refractivity contribution < 1.29 is 47.6 Å². The molecule has 4 heterocycles. The molecule has 342 valence electrons. The zero-order valence-corrected chi connectivity index (χ0v) is 37.9. The normalized spacial score (nSPS) is 36.9. The van der Waals surface area contributed by atoms with Crippen molar-refractivity contribution in [3.05, 3.63) is 30.5 Å². The average molecular weight is 860 g/mol. The molecular formula is C44H70FN7O9. The number of benzene rings is 1. The first-order valence-corrected chi connectivity index (χ1v) is 21.8. The van der Waals surface area contributed by atoms with Crippen LogP contribution in [0.4, 0.5) is 14.9 Å². The highest BCUT2D eigenvalue weighted by atomic mass is 19.1. The topological polar surface area (TPSA) is 193 Å². The molecule has 4 N–H and O–H groups in total. The SMILES string of the molecule is CCC1CC(N(C)C)C(O)[C@H](O[C@@H]2[C@@H](C)C(=O)[C@](C)(F)C(=O)O[C@H](CC)[C@@]3(C)OC(=O)N(CCCCn4cc(-c5cccc(N)c5)nn4)[C@@H]3[C@@H](C)NC[C@H](C)C[C@@]2(C)OC)O1. The van der Waals surface area contributed by atoms with Crippen LogP contribution in [0, 0.1) is 11.8 Å². The number of hydrogen-bond donors (Lipinski definition) is 3. The maximum absolute atomic E-state index is 17.0. The molecule has 13 atom stereocenters. The fourth-order valence-corrected chi connectivity index (χ4v) is 9.61. The van der Waals surface area contributed by atoms with Crippen molar-refractivity contribution >= 4 is 23.5 Å². The lowest BCUT2D eigenvalue weighted by atomic mass is 9.78. The predicted octanol–water partition coefficient (Wildman–Crippen LogP) is 4.77. The van der Waals surface area contributed by atoms with Gasteiger partial charge in [-0.1, -0.05) is 45.0 Å². The first kappa shape index (κ1) is 48.3. The van der Waals surface area contributed by atoms with Crippen molar-refractivity contribution in [1.82, 2.24) is 30.1 Å². The first-order chi connectivity index (χ1) is 28.7. The van der Waals surface area contributed by atoms with Gasteiger partial charge in [0.2, 0.25) is 0 Å². The first-order valence-electron chi connectivity index (χ1n) is 21.8. The third kappa shape index (κ3) is 10.4. The number of anilines is 1. The molecule has 1 aromatic heterocycles. The summed E-state index contributed by atoms with van der Waals surface area (Å²) in [6.45, 7) is 14.9. The number of esters is 1. The van der Waals surface area contributed by atoms with Crippen LogP contribution in [0.5, 0.6) is 0 Å². The number of ether oxygens (including phenoxy) is 5. The van der Waals surface area contributed by atoms with Gasteiger partial charge in [-0.05, 0) is 105 Å². The summed E-state index contributed by atoms with van der Waals surface area (Å²) < 4.78 is 49.9. The van der Waals surface area contributed by atoms with Crippen LogP contribution in [0.2, 0.25) is 0 Å². The van der Waals surface area contributed by atoms with Crippen LogP contribution < -0.4 is 11.1 Å². The molecule has 0 bridgehead atoms. The summed E-state index contributed by atoms with van der Waals surface area (Å²) in [7, 11) is 5.24. The van der Waals surface area contributed by atoms with Crippen molar-refractivity contribution in [3.8, 4) is 11.3 Å². The molecule has 0 radical (unpaired) electrons. The van der Waals surface area contributed by atoms with E-state index in [0.29, 0.717) is 63.1 Å². The Morgan fingerprint density at radius 1 is 1.08 bits per heavy atom. The number of nitrogens with one attached hydrogen (secondary N) is 1. The van der Waals surface area contributed by atoms with Gasteiger partial charge in [0.25, 0.3) is 5.67 Å². The number of aliphatic hydroxyl groups is 1. The Balaban J connectivity index is 1.41. The number of cyclic esters (lactones) is 1. The summed E-state index contributed by atoms with van der Waals surface area (Å²) in [6, 6.07) is 6.07. The van der Waals surface area contributed by atoms with Crippen molar-refractivity contribution in [3.63, 3.8) is 0 Å². The number of nitrogens with zero attached hydrogens (tertiary/aromatic N) is 5. The van der Waals surface area contributed by atoms with Crippen molar-refractivity contribution in [2.24, 2.45) is 11.8 Å². The van der Waals surface area contributed by atoms with Crippen LogP contribution in [-0.4, -0.2) is 148 Å². The van der Waals surface area contributed by atoms with E-state index in [1.165, 1.54) is 14.0 Å². The number of aromatic nitrogens is 3. The van der Waals surface area contributed by atoms with Gasteiger partial charge in [0.1, 0.15) is 17.9 Å². The number of unbranched alkanes of at least 4 members (excludes halogenated alkanes) is 1. The van der Waals surface area contributed by atoms with Crippen molar-refractivity contribution in [1.29, 1.82) is 0 Å². The standard InChI is InChI=1S/C44H70FN7O9/c1-12-31-22-33(50(9)10)35(53)39(58-31)60-38-27(4)37(54)43(7,45)40(55)59-34(13-2)44(8)36(28(5)47-24-26(3)23-42(38,6)57-11)52(41(56)61-44)20-15-14-19-51-25-32(48-49-51)29-17-16-18-30(46)21-29/h16-18,21,25-28,31,33-36,38-39,47,53H,12-15,19-20,22-24,46H2,1-11H3/t26-,27+,28-,31?,33?,34-,35?,36-,38-,39+,42-,43+,44-/m1/s1. The highest BCUT2D eigenvalue weighted by Crippen LogP contribution is 2.41. The van der Waals surface area contributed by atoms with Crippen LogP contribution in [0.3, 0.4) is 0 Å². The Kier molecular flexibility index (Phi) is 15.6. The largest absolute Gasteiger partial charge is 0.455 e. The fraction of sp³-hybridized carbons (Fsp3) is 0.750. The number of halogens is 1. The van der Waals surface area contributed by atoms with Gasteiger partial charge in [-0.3, -0.25) is 14.4 Å². The number of amides is 1. The summed E-state index contributed by atoms with van der Waals surface area (Å²) in [5, 5.41) is 23.7. The van der Waals surface area contributed by atoms with E-state index in [1.807, 2.05) is 70.2 Å². The number of nitrogen functional groups attached to an aromatic ring is 1. The van der Waals surface area contributed by atoms with E-state index >= 15 is 4.39 Å². The number of rotatable bonds is 12. The van der Waals surface area contributed by atoms with Gasteiger partial charge in [-0.15, -0.1) is 5.10 Å². The highest BCUT2D eigenvalue weighted by Gasteiger charge is 2.60. The second kappa shape index (κ2) is 19.8. The van der Waals surface area contributed by atoms with E-state index in [0.717, 1.165) is 12.5 Å². The lowest BCUT2D eigenvalue weighted by Crippen LogP contribution is -2.61. The number of hydrogen-bond acceptors (Lipinski definition) is 14. The van der Waals surface area contributed by atoms with Crippen molar-refractivity contribution in [2.45, 2.75) is 166 Å². The molecule has 3 saturated heterocycles. The molecule has 3 fully saturated rings. The summed E-state index contributed by atoms with van der Waals surface area (Å²) in [5.41, 5.74) is 2.37. The van der Waals surface area contributed by atoms with Crippen LogP contribution in [0.1, 0.15) is 93.9 Å². The molecule has 3 aliphatic heterocycles. The number of aryl methyl sites for hydroxylation is 1. The van der Waals surface area contributed by atoms with E-state index in [1.54, 1.807) is 30.4 Å². The number of likely N-dealkylation sites (N-methyl/N-ethyl adjacent to an activating group) is 1. The van der Waals surface area contributed by atoms with Gasteiger partial charge >= 0.3 is 12.1 Å². The zero-order chi connectivity index (χ0) is 45.0. The minimum atomic E-state index is -3.13. The number of carbonyl (C=O) groups is 3. The summed E-state index contributed by atoms with van der Waals surface area (Å²) in [5.74, 6) is -3.85. The number of methoxy groups -OCH3 is 1. The smallest absolute Gasteiger partial charge is 0.410 e. The maximum Gasteiger partial charge on any atom is 0.410 e. The van der Waals surface area contributed by atoms with Gasteiger partial charge in [0, 0.05) is 49.5 Å². The maximum atomic E-state index is 17.0. The molecule has 1 aromatic carbocycles. The minimum Gasteiger partial charge on any atom is -0.455 e. The van der Waals surface area contributed by atoms with Gasteiger partial charge < -0.3 is 44.7 Å². The number of ketones is 1. The van der Waals surface area contributed by atoms with Crippen LogP contribution >= 0.6 is 0 Å². The number of fused-ring (bicyclic) bond motifs is 1. The number of carbonyl (C=O) groups excluding carboxylic acids is 3. The number of nitrogens with two attached hydrogens (primary N) is 1. The van der Waals surface area contributed by atoms with E-state index in [4.69, 9.17) is 29.4 Å². The molecule has 61 heavy (non-hydrogen) atoms.